The van der Waals surface area contributed by atoms with Crippen molar-refractivity contribution in [2.45, 2.75) is 13.5 Å². The summed E-state index contributed by atoms with van der Waals surface area (Å²) in [7, 11) is 0. The van der Waals surface area contributed by atoms with Gasteiger partial charge in [0.25, 0.3) is 0 Å². The highest BCUT2D eigenvalue weighted by molar-refractivity contribution is 9.10. The maximum Gasteiger partial charge on any atom is 0.138 e. The van der Waals surface area contributed by atoms with Gasteiger partial charge in [0.05, 0.1) is 9.51 Å². The number of para-hydroxylation sites is 1. The molecule has 0 aromatic heterocycles. The van der Waals surface area contributed by atoms with Gasteiger partial charge < -0.3 is 10.1 Å². The van der Waals surface area contributed by atoms with Gasteiger partial charge in [0.1, 0.15) is 12.4 Å². The highest BCUT2D eigenvalue weighted by Crippen LogP contribution is 2.29. The Kier molecular flexibility index (Phi) is 6.97. The maximum atomic E-state index is 5.80. The van der Waals surface area contributed by atoms with Gasteiger partial charge in [0.2, 0.25) is 0 Å². The Labute approximate surface area is 120 Å². The van der Waals surface area contributed by atoms with Crippen molar-refractivity contribution < 1.29 is 4.74 Å². The SMILES string of the molecule is CCNCc1cccc(Br)c1OCC(Cl)=CCl. The zero-order chi connectivity index (χ0) is 12.7. The fraction of sp³-hybridized carbons (Fsp3) is 0.333. The van der Waals surface area contributed by atoms with Crippen LogP contribution in [0.3, 0.4) is 0 Å². The van der Waals surface area contributed by atoms with Crippen molar-refractivity contribution in [3.63, 3.8) is 0 Å². The first-order valence-corrected chi connectivity index (χ1v) is 6.85. The predicted octanol–water partition coefficient (Wildman–Crippen LogP) is 4.26. The number of nitrogens with one attached hydrogen (secondary N) is 1. The lowest BCUT2D eigenvalue weighted by molar-refractivity contribution is 0.352. The summed E-state index contributed by atoms with van der Waals surface area (Å²) >= 11 is 14.7. The van der Waals surface area contributed by atoms with Gasteiger partial charge >= 0.3 is 0 Å². The second-order valence-electron chi connectivity index (χ2n) is 3.35. The molecule has 0 unspecified atom stereocenters. The Bertz CT molecular complexity index is 396. The molecule has 0 aliphatic carbocycles. The van der Waals surface area contributed by atoms with Crippen LogP contribution >= 0.6 is 39.1 Å². The van der Waals surface area contributed by atoms with Crippen molar-refractivity contribution in [3.8, 4) is 5.75 Å². The first kappa shape index (κ1) is 14.8. The summed E-state index contributed by atoms with van der Waals surface area (Å²) in [6.07, 6.45) is 0. The summed E-state index contributed by atoms with van der Waals surface area (Å²) in [5.74, 6) is 0.796. The monoisotopic (exact) mass is 337 g/mol. The topological polar surface area (TPSA) is 21.3 Å². The number of halogens is 3. The lowest BCUT2D eigenvalue weighted by Crippen LogP contribution is -2.13. The van der Waals surface area contributed by atoms with Gasteiger partial charge in [-0.05, 0) is 28.5 Å². The van der Waals surface area contributed by atoms with Crippen LogP contribution in [-0.2, 0) is 6.54 Å². The molecule has 2 nitrogen and oxygen atoms in total. The molecule has 0 atom stereocenters. The van der Waals surface area contributed by atoms with E-state index in [9.17, 15) is 0 Å². The third-order valence-corrected chi connectivity index (χ3v) is 3.30. The van der Waals surface area contributed by atoms with Crippen LogP contribution < -0.4 is 10.1 Å². The predicted molar refractivity (Wildman–Crippen MR) is 76.8 cm³/mol. The molecule has 0 fully saturated rings. The van der Waals surface area contributed by atoms with Crippen LogP contribution in [0.15, 0.2) is 33.2 Å². The van der Waals surface area contributed by atoms with E-state index >= 15 is 0 Å². The number of hydrogen-bond acceptors (Lipinski definition) is 2. The molecule has 0 bridgehead atoms. The van der Waals surface area contributed by atoms with Crippen LogP contribution in [-0.4, -0.2) is 13.2 Å². The number of rotatable bonds is 6. The first-order valence-electron chi connectivity index (χ1n) is 5.24. The van der Waals surface area contributed by atoms with Gasteiger partial charge in [0, 0.05) is 17.6 Å². The molecule has 1 rings (SSSR count). The Morgan fingerprint density at radius 2 is 2.29 bits per heavy atom. The molecule has 94 valence electrons. The quantitative estimate of drug-likeness (QED) is 0.836. The average Bonchev–Trinajstić information content (AvgIpc) is 2.34. The summed E-state index contributed by atoms with van der Waals surface area (Å²) in [6.45, 7) is 4.00. The molecule has 5 heteroatoms. The summed E-state index contributed by atoms with van der Waals surface area (Å²) in [6, 6.07) is 5.92. The van der Waals surface area contributed by atoms with Crippen LogP contribution in [0.2, 0.25) is 0 Å². The minimum Gasteiger partial charge on any atom is -0.486 e. The summed E-state index contributed by atoms with van der Waals surface area (Å²) < 4.78 is 6.56. The van der Waals surface area contributed by atoms with E-state index in [4.69, 9.17) is 27.9 Å². The number of hydrogen-bond donors (Lipinski definition) is 1. The van der Waals surface area contributed by atoms with E-state index in [0.717, 1.165) is 28.9 Å². The van der Waals surface area contributed by atoms with E-state index in [2.05, 4.69) is 28.2 Å². The van der Waals surface area contributed by atoms with Crippen LogP contribution in [0.5, 0.6) is 5.75 Å². The zero-order valence-corrected chi connectivity index (χ0v) is 12.6. The van der Waals surface area contributed by atoms with Crippen molar-refractivity contribution in [3.05, 3.63) is 38.8 Å². The van der Waals surface area contributed by atoms with E-state index in [1.165, 1.54) is 5.54 Å². The molecule has 1 aromatic rings. The lowest BCUT2D eigenvalue weighted by Gasteiger charge is -2.13. The molecule has 0 amide bonds. The Morgan fingerprint density at radius 3 is 2.94 bits per heavy atom. The molecule has 0 aliphatic rings. The van der Waals surface area contributed by atoms with E-state index in [1.54, 1.807) is 0 Å². The van der Waals surface area contributed by atoms with E-state index in [0.29, 0.717) is 5.03 Å². The maximum absolute atomic E-state index is 5.80. The molecule has 0 saturated carbocycles. The molecule has 0 radical (unpaired) electrons. The van der Waals surface area contributed by atoms with E-state index in [-0.39, 0.29) is 6.61 Å². The summed E-state index contributed by atoms with van der Waals surface area (Å²) in [5.41, 5.74) is 2.39. The van der Waals surface area contributed by atoms with Crippen LogP contribution in [0.25, 0.3) is 0 Å². The van der Waals surface area contributed by atoms with Crippen molar-refractivity contribution in [2.24, 2.45) is 0 Å². The highest BCUT2D eigenvalue weighted by Gasteiger charge is 2.08. The summed E-state index contributed by atoms with van der Waals surface area (Å²) in [5, 5.41) is 3.73. The van der Waals surface area contributed by atoms with Crippen LogP contribution in [0.1, 0.15) is 12.5 Å². The van der Waals surface area contributed by atoms with Crippen molar-refractivity contribution in [1.82, 2.24) is 5.32 Å². The molecule has 0 heterocycles. The van der Waals surface area contributed by atoms with Gasteiger partial charge in [-0.25, -0.2) is 0 Å². The second-order valence-corrected chi connectivity index (χ2v) is 4.91. The minimum atomic E-state index is 0.271. The third-order valence-electron chi connectivity index (χ3n) is 2.09. The van der Waals surface area contributed by atoms with Gasteiger partial charge in [0.15, 0.2) is 0 Å². The number of benzene rings is 1. The molecular formula is C12H14BrCl2NO. The summed E-state index contributed by atoms with van der Waals surface area (Å²) in [4.78, 5) is 0. The standard InChI is InChI=1S/C12H14BrCl2NO/c1-2-16-7-9-4-3-5-11(13)12(9)17-8-10(15)6-14/h3-6,16H,2,7-8H2,1H3. The largest absolute Gasteiger partial charge is 0.486 e. The minimum absolute atomic E-state index is 0.271. The fourth-order valence-corrected chi connectivity index (χ4v) is 1.93. The molecule has 0 spiro atoms. The van der Waals surface area contributed by atoms with Crippen molar-refractivity contribution in [1.29, 1.82) is 0 Å². The lowest BCUT2D eigenvalue weighted by atomic mass is 10.2. The molecule has 0 aliphatic heterocycles. The van der Waals surface area contributed by atoms with Gasteiger partial charge in [-0.1, -0.05) is 42.3 Å². The second kappa shape index (κ2) is 7.98. The van der Waals surface area contributed by atoms with Crippen molar-refractivity contribution in [2.75, 3.05) is 13.2 Å². The molecule has 17 heavy (non-hydrogen) atoms. The normalized spacial score (nSPS) is 11.6. The van der Waals surface area contributed by atoms with Crippen LogP contribution in [0.4, 0.5) is 0 Å². The zero-order valence-electron chi connectivity index (χ0n) is 9.47. The molecule has 0 saturated heterocycles. The average molecular weight is 339 g/mol. The van der Waals surface area contributed by atoms with Gasteiger partial charge in [-0.3, -0.25) is 0 Å². The molecule has 1 aromatic carbocycles. The van der Waals surface area contributed by atoms with E-state index in [1.807, 2.05) is 18.2 Å². The van der Waals surface area contributed by atoms with E-state index < -0.39 is 0 Å². The molecule has 1 N–H and O–H groups in total. The smallest absolute Gasteiger partial charge is 0.138 e. The highest BCUT2D eigenvalue weighted by atomic mass is 79.9. The number of ether oxygens (including phenoxy) is 1. The Morgan fingerprint density at radius 1 is 1.53 bits per heavy atom. The Balaban J connectivity index is 2.80. The Hall–Kier alpha value is -0.220. The van der Waals surface area contributed by atoms with Gasteiger partial charge in [-0.15, -0.1) is 0 Å². The van der Waals surface area contributed by atoms with Gasteiger partial charge in [-0.2, -0.15) is 0 Å². The van der Waals surface area contributed by atoms with Crippen molar-refractivity contribution >= 4 is 39.1 Å². The van der Waals surface area contributed by atoms with Crippen LogP contribution in [0, 0.1) is 0 Å². The molecular weight excluding hydrogens is 325 g/mol. The fourth-order valence-electron chi connectivity index (χ4n) is 1.29. The first-order chi connectivity index (χ1) is 8.19. The third kappa shape index (κ3) is 4.88.